The molecule has 0 aromatic carbocycles. The molecule has 5 heteroatoms. The summed E-state index contributed by atoms with van der Waals surface area (Å²) in [6, 6.07) is 0. The monoisotopic (exact) mass is 132 g/mol. The van der Waals surface area contributed by atoms with Gasteiger partial charge in [-0.1, -0.05) is 0 Å². The maximum Gasteiger partial charge on any atom is 0.762 e. The van der Waals surface area contributed by atoms with Crippen molar-refractivity contribution in [1.29, 1.82) is 0 Å². The van der Waals surface area contributed by atoms with E-state index in [4.69, 9.17) is 0 Å². The maximum absolute atomic E-state index is 9.67. The Bertz CT molecular complexity index is 11.6. The SMILES string of the molecule is FB(F)F.[Zn]. The number of hydrogen-bond donors (Lipinski definition) is 0. The Morgan fingerprint density at radius 1 is 1.00 bits per heavy atom. The van der Waals surface area contributed by atoms with Gasteiger partial charge in [0.15, 0.2) is 0 Å². The van der Waals surface area contributed by atoms with Gasteiger partial charge in [-0.05, 0) is 0 Å². The van der Waals surface area contributed by atoms with Gasteiger partial charge >= 0.3 is 7.54 Å². The molecule has 5 heavy (non-hydrogen) atoms. The van der Waals surface area contributed by atoms with Gasteiger partial charge in [0.2, 0.25) is 0 Å². The molecule has 0 aliphatic heterocycles. The van der Waals surface area contributed by atoms with Gasteiger partial charge in [-0.3, -0.25) is 12.9 Å². The molecule has 0 nitrogen and oxygen atoms in total. The van der Waals surface area contributed by atoms with Gasteiger partial charge < -0.3 is 0 Å². The number of hydrogen-bond acceptors (Lipinski definition) is 0. The largest absolute Gasteiger partial charge is 0.762 e. The van der Waals surface area contributed by atoms with E-state index >= 15 is 0 Å². The first-order valence-corrected chi connectivity index (χ1v) is 0.655. The first kappa shape index (κ1) is 9.08. The zero-order valence-corrected chi connectivity index (χ0v) is 5.39. The molecule has 0 amide bonds. The van der Waals surface area contributed by atoms with Gasteiger partial charge in [-0.15, -0.1) is 0 Å². The van der Waals surface area contributed by atoms with E-state index in [0.717, 1.165) is 0 Å². The van der Waals surface area contributed by atoms with Gasteiger partial charge in [0.1, 0.15) is 0 Å². The van der Waals surface area contributed by atoms with E-state index in [2.05, 4.69) is 0 Å². The van der Waals surface area contributed by atoms with E-state index < -0.39 is 7.54 Å². The molecule has 0 spiro atoms. The molecule has 0 fully saturated rings. The molecule has 0 atom stereocenters. The van der Waals surface area contributed by atoms with Crippen molar-refractivity contribution < 1.29 is 32.4 Å². The molecular formula is BF3Zn. The standard InChI is InChI=1S/BF3.Zn/c2-1(3)4;. The third kappa shape index (κ3) is 120. The minimum Gasteiger partial charge on any atom is -0.254 e. The molecule has 0 N–H and O–H groups in total. The van der Waals surface area contributed by atoms with E-state index in [-0.39, 0.29) is 19.5 Å². The minimum absolute atomic E-state index is 0. The Hall–Kier alpha value is 0.478. The van der Waals surface area contributed by atoms with Crippen LogP contribution < -0.4 is 0 Å². The average Bonchev–Trinajstić information content (AvgIpc) is 0.811. The Kier molecular flexibility index (Phi) is 8.13. The van der Waals surface area contributed by atoms with Crippen molar-refractivity contribution in [2.24, 2.45) is 0 Å². The predicted molar refractivity (Wildman–Crippen MR) is 9.08 cm³/mol. The first-order chi connectivity index (χ1) is 1.73. The Labute approximate surface area is 40.7 Å². The van der Waals surface area contributed by atoms with Crippen molar-refractivity contribution in [1.82, 2.24) is 0 Å². The van der Waals surface area contributed by atoms with Crippen LogP contribution in [-0.4, -0.2) is 7.54 Å². The maximum atomic E-state index is 9.67. The summed E-state index contributed by atoms with van der Waals surface area (Å²) in [4.78, 5) is 0. The van der Waals surface area contributed by atoms with Crippen LogP contribution in [0.5, 0.6) is 0 Å². The number of halogens is 3. The van der Waals surface area contributed by atoms with E-state index in [1.165, 1.54) is 0 Å². The summed E-state index contributed by atoms with van der Waals surface area (Å²) in [5, 5.41) is 0. The van der Waals surface area contributed by atoms with Gasteiger partial charge in [0, 0.05) is 19.5 Å². The first-order valence-electron chi connectivity index (χ1n) is 0.655. The van der Waals surface area contributed by atoms with Crippen LogP contribution in [0.25, 0.3) is 0 Å². The molecule has 0 unspecified atom stereocenters. The molecule has 0 heterocycles. The fourth-order valence-electron chi connectivity index (χ4n) is 0. The van der Waals surface area contributed by atoms with E-state index in [0.29, 0.717) is 0 Å². The summed E-state index contributed by atoms with van der Waals surface area (Å²) in [6.45, 7) is 0. The van der Waals surface area contributed by atoms with Crippen LogP contribution in [-0.2, 0) is 19.5 Å². The summed E-state index contributed by atoms with van der Waals surface area (Å²) in [7, 11) is -3.67. The molecule has 0 saturated heterocycles. The molecule has 0 aromatic rings. The molecule has 0 aliphatic rings. The molecule has 0 aliphatic carbocycles. The summed E-state index contributed by atoms with van der Waals surface area (Å²) in [5.74, 6) is 0. The van der Waals surface area contributed by atoms with Crippen LogP contribution in [0.4, 0.5) is 12.9 Å². The quantitative estimate of drug-likeness (QED) is 0.430. The topological polar surface area (TPSA) is 0 Å². The molecule has 26 valence electrons. The minimum atomic E-state index is -3.67. The summed E-state index contributed by atoms with van der Waals surface area (Å²) in [5.41, 5.74) is 0. The van der Waals surface area contributed by atoms with Crippen molar-refractivity contribution in [3.63, 3.8) is 0 Å². The fraction of sp³-hybridized carbons (Fsp3) is 0. The van der Waals surface area contributed by atoms with Crippen LogP contribution in [0.3, 0.4) is 0 Å². The summed E-state index contributed by atoms with van der Waals surface area (Å²) >= 11 is 0. The molecule has 0 saturated carbocycles. The van der Waals surface area contributed by atoms with Crippen LogP contribution in [0.1, 0.15) is 0 Å². The van der Waals surface area contributed by atoms with Crippen molar-refractivity contribution in [2.45, 2.75) is 0 Å². The van der Waals surface area contributed by atoms with Gasteiger partial charge in [0.05, 0.1) is 0 Å². The fourth-order valence-corrected chi connectivity index (χ4v) is 0. The van der Waals surface area contributed by atoms with Gasteiger partial charge in [-0.2, -0.15) is 0 Å². The normalized spacial score (nSPS) is 5.40. The Morgan fingerprint density at radius 3 is 1.00 bits per heavy atom. The van der Waals surface area contributed by atoms with Crippen LogP contribution in [0.2, 0.25) is 0 Å². The third-order valence-corrected chi connectivity index (χ3v) is 0. The molecule has 0 aromatic heterocycles. The van der Waals surface area contributed by atoms with Crippen molar-refractivity contribution in [3.05, 3.63) is 0 Å². The van der Waals surface area contributed by atoms with E-state index in [9.17, 15) is 12.9 Å². The zero-order valence-electron chi connectivity index (χ0n) is 2.42. The van der Waals surface area contributed by atoms with E-state index in [1.54, 1.807) is 0 Å². The summed E-state index contributed by atoms with van der Waals surface area (Å²) in [6.07, 6.45) is 0. The van der Waals surface area contributed by atoms with Gasteiger partial charge in [-0.25, -0.2) is 0 Å². The zero-order chi connectivity index (χ0) is 3.58. The summed E-state index contributed by atoms with van der Waals surface area (Å²) < 4.78 is 29.0. The second kappa shape index (κ2) is 4.48. The van der Waals surface area contributed by atoms with Crippen LogP contribution in [0.15, 0.2) is 0 Å². The Morgan fingerprint density at radius 2 is 1.00 bits per heavy atom. The molecule has 0 radical (unpaired) electrons. The molecule has 0 rings (SSSR count). The van der Waals surface area contributed by atoms with E-state index in [1.807, 2.05) is 0 Å². The Balaban J connectivity index is 0. The second-order valence-electron chi connectivity index (χ2n) is 0.247. The average molecular weight is 133 g/mol. The van der Waals surface area contributed by atoms with Gasteiger partial charge in [0.25, 0.3) is 0 Å². The smallest absolute Gasteiger partial charge is 0.254 e. The predicted octanol–water partition coefficient (Wildman–Crippen LogP) is 0.877. The van der Waals surface area contributed by atoms with Crippen molar-refractivity contribution in [3.8, 4) is 0 Å². The van der Waals surface area contributed by atoms with Crippen LogP contribution >= 0.6 is 0 Å². The van der Waals surface area contributed by atoms with Crippen LogP contribution in [0, 0.1) is 0 Å². The van der Waals surface area contributed by atoms with Crippen molar-refractivity contribution >= 4 is 7.54 Å². The molecular weight excluding hydrogens is 133 g/mol. The molecule has 0 bridgehead atoms. The second-order valence-corrected chi connectivity index (χ2v) is 0.247. The number of rotatable bonds is 0. The van der Waals surface area contributed by atoms with Crippen molar-refractivity contribution in [2.75, 3.05) is 0 Å². The third-order valence-electron chi connectivity index (χ3n) is 0.